The maximum absolute atomic E-state index is 2.78. The molecule has 0 saturated heterocycles. The molecule has 2 rings (SSSR count). The van der Waals surface area contributed by atoms with Crippen molar-refractivity contribution in [2.45, 2.75) is 52.9 Å². The molecule has 2 nitrogen and oxygen atoms in total. The maximum Gasteiger partial charge on any atom is -1.00 e. The zero-order valence-electron chi connectivity index (χ0n) is 15.9. The molecule has 0 atom stereocenters. The molecular formula is C14H30B2Cl2N2Si2Ti. The first-order valence-corrected chi connectivity index (χ1v) is 16.7. The summed E-state index contributed by atoms with van der Waals surface area (Å²) < 4.78 is 9.13. The molecule has 2 aliphatic rings. The second-order valence-electron chi connectivity index (χ2n) is 8.44. The molecule has 0 aromatic heterocycles. The molecule has 0 bridgehead atoms. The van der Waals surface area contributed by atoms with Crippen molar-refractivity contribution in [3.63, 3.8) is 0 Å². The van der Waals surface area contributed by atoms with Crippen LogP contribution in [0.2, 0.25) is 52.9 Å². The summed E-state index contributed by atoms with van der Waals surface area (Å²) in [5.41, 5.74) is 0. The van der Waals surface area contributed by atoms with E-state index in [2.05, 4.69) is 74.0 Å². The molecule has 0 aliphatic carbocycles. The first kappa shape index (κ1) is 24.3. The third-order valence-electron chi connectivity index (χ3n) is 4.86. The van der Waals surface area contributed by atoms with Gasteiger partial charge in [0.15, 0.2) is 0 Å². The Labute approximate surface area is 168 Å². The largest absolute Gasteiger partial charge is 1.00 e. The van der Waals surface area contributed by atoms with Crippen LogP contribution in [0.25, 0.3) is 0 Å². The topological polar surface area (TPSA) is 6.48 Å². The standard InChI is InChI=1S/2C7H15BNSi.2ClH.Ti/c2*1-8-6-5-7-9(8)10(2,3)4;;;/h2*5H,7H2,1-4H3;2*1H;/q;;;;+2/p-2. The summed E-state index contributed by atoms with van der Waals surface area (Å²) >= 11 is -0.0844. The van der Waals surface area contributed by atoms with E-state index in [4.69, 9.17) is 0 Å². The molecule has 9 heteroatoms. The van der Waals surface area contributed by atoms with Gasteiger partial charge in [0.1, 0.15) is 0 Å². The minimum Gasteiger partial charge on any atom is -1.00 e. The molecular weight excluding hydrogens is 393 g/mol. The fraction of sp³-hybridized carbons (Fsp3) is 0.714. The van der Waals surface area contributed by atoms with Gasteiger partial charge < -0.3 is 24.8 Å². The number of rotatable bonds is 4. The van der Waals surface area contributed by atoms with Gasteiger partial charge in [0.25, 0.3) is 0 Å². The van der Waals surface area contributed by atoms with Gasteiger partial charge in [-0.25, -0.2) is 0 Å². The Morgan fingerprint density at radius 1 is 0.783 bits per heavy atom. The van der Waals surface area contributed by atoms with Crippen molar-refractivity contribution in [2.24, 2.45) is 0 Å². The molecule has 0 aromatic carbocycles. The number of nitrogens with zero attached hydrogens (tertiary/aromatic N) is 2. The third kappa shape index (κ3) is 5.62. The normalized spacial score (nSPS) is 19.8. The summed E-state index contributed by atoms with van der Waals surface area (Å²) in [5.74, 6) is 0. The van der Waals surface area contributed by atoms with Gasteiger partial charge in [-0.1, -0.05) is 0 Å². The first-order valence-electron chi connectivity index (χ1n) is 8.22. The van der Waals surface area contributed by atoms with Crippen molar-refractivity contribution >= 4 is 30.2 Å². The zero-order chi connectivity index (χ0) is 16.0. The Kier molecular flexibility index (Phi) is 9.24. The fourth-order valence-corrected chi connectivity index (χ4v) is 10.1. The van der Waals surface area contributed by atoms with Crippen LogP contribution in [0.3, 0.4) is 0 Å². The second-order valence-corrected chi connectivity index (χ2v) is 20.5. The number of hydrogen-bond donors (Lipinski definition) is 0. The molecule has 23 heavy (non-hydrogen) atoms. The zero-order valence-corrected chi connectivity index (χ0v) is 20.9. The Morgan fingerprint density at radius 2 is 1.09 bits per heavy atom. The Hall–Kier alpha value is 1.26. The average molecular weight is 423 g/mol. The second kappa shape index (κ2) is 8.76. The molecule has 0 radical (unpaired) electrons. The van der Waals surface area contributed by atoms with E-state index in [1.54, 1.807) is 7.55 Å². The van der Waals surface area contributed by atoms with Gasteiger partial charge in [-0.05, 0) is 0 Å². The summed E-state index contributed by atoms with van der Waals surface area (Å²) in [6.07, 6.45) is 5.13. The minimum atomic E-state index is -1.17. The molecule has 0 amide bonds. The molecule has 2 heterocycles. The van der Waals surface area contributed by atoms with E-state index in [1.165, 1.54) is 13.1 Å². The predicted octanol–water partition coefficient (Wildman–Crippen LogP) is -2.53. The Balaban J connectivity index is 0.00000242. The van der Waals surface area contributed by atoms with Crippen LogP contribution in [0.15, 0.2) is 19.7 Å². The Morgan fingerprint density at radius 3 is 1.30 bits per heavy atom. The van der Waals surface area contributed by atoms with Gasteiger partial charge in [-0.2, -0.15) is 0 Å². The van der Waals surface area contributed by atoms with Crippen LogP contribution in [0, 0.1) is 0 Å². The van der Waals surface area contributed by atoms with Gasteiger partial charge in [0.2, 0.25) is 0 Å². The van der Waals surface area contributed by atoms with E-state index >= 15 is 0 Å². The van der Waals surface area contributed by atoms with Crippen molar-refractivity contribution < 1.29 is 44.0 Å². The molecule has 2 aliphatic heterocycles. The summed E-state index contributed by atoms with van der Waals surface area (Å²) in [7, 11) is -2.33. The molecule has 0 aromatic rings. The molecule has 0 N–H and O–H groups in total. The van der Waals surface area contributed by atoms with Crippen molar-refractivity contribution in [1.29, 1.82) is 0 Å². The molecule has 128 valence electrons. The maximum atomic E-state index is 2.78. The first-order chi connectivity index (χ1) is 9.51. The number of halogens is 2. The van der Waals surface area contributed by atoms with Gasteiger partial charge >= 0.3 is 144 Å². The van der Waals surface area contributed by atoms with Gasteiger partial charge in [-0.15, -0.1) is 0 Å². The summed E-state index contributed by atoms with van der Waals surface area (Å²) in [6, 6.07) is 0. The smallest absolute Gasteiger partial charge is 1.00 e. The van der Waals surface area contributed by atoms with Crippen LogP contribution < -0.4 is 24.8 Å². The molecule has 0 saturated carbocycles. The van der Waals surface area contributed by atoms with Crippen molar-refractivity contribution in [1.82, 2.24) is 8.95 Å². The van der Waals surface area contributed by atoms with E-state index in [0.717, 1.165) is 0 Å². The van der Waals surface area contributed by atoms with Gasteiger partial charge in [-0.3, -0.25) is 0 Å². The van der Waals surface area contributed by atoms with Crippen molar-refractivity contribution in [3.8, 4) is 0 Å². The van der Waals surface area contributed by atoms with Crippen LogP contribution in [-0.2, 0) is 19.2 Å². The van der Waals surface area contributed by atoms with E-state index in [-0.39, 0.29) is 44.0 Å². The predicted molar refractivity (Wildman–Crippen MR) is 99.5 cm³/mol. The van der Waals surface area contributed by atoms with Crippen LogP contribution in [0.4, 0.5) is 0 Å². The summed E-state index contributed by atoms with van der Waals surface area (Å²) in [5, 5.41) is 0. The summed E-state index contributed by atoms with van der Waals surface area (Å²) in [6.45, 7) is 23.6. The van der Waals surface area contributed by atoms with E-state index in [0.29, 0.717) is 13.7 Å². The van der Waals surface area contributed by atoms with E-state index in [9.17, 15) is 0 Å². The third-order valence-corrected chi connectivity index (χ3v) is 12.3. The van der Waals surface area contributed by atoms with Crippen LogP contribution in [0.1, 0.15) is 0 Å². The number of hydrogen-bond acceptors (Lipinski definition) is 2. The summed E-state index contributed by atoms with van der Waals surface area (Å²) in [4.78, 5) is 0. The van der Waals surface area contributed by atoms with Crippen molar-refractivity contribution in [2.75, 3.05) is 13.1 Å². The van der Waals surface area contributed by atoms with Crippen LogP contribution in [-0.4, -0.2) is 52.2 Å². The van der Waals surface area contributed by atoms with Gasteiger partial charge in [0, 0.05) is 0 Å². The molecule has 0 spiro atoms. The van der Waals surface area contributed by atoms with E-state index < -0.39 is 16.5 Å². The van der Waals surface area contributed by atoms with Gasteiger partial charge in [0.05, 0.1) is 0 Å². The monoisotopic (exact) mass is 422 g/mol. The quantitative estimate of drug-likeness (QED) is 0.461. The van der Waals surface area contributed by atoms with Crippen LogP contribution >= 0.6 is 0 Å². The van der Waals surface area contributed by atoms with E-state index in [1.807, 2.05) is 0 Å². The minimum absolute atomic E-state index is 0. The Bertz CT molecular complexity index is 436. The molecule has 0 fully saturated rings. The SMILES string of the molecule is CB1[C]([Ti+2][C]2=CCN([Si](C)(C)C)B2C)=CCN1[Si](C)(C)C.[Cl-].[Cl-]. The van der Waals surface area contributed by atoms with Crippen molar-refractivity contribution in [3.05, 3.63) is 19.7 Å². The molecule has 0 unspecified atom stereocenters. The average Bonchev–Trinajstić information content (AvgIpc) is 2.83. The van der Waals surface area contributed by atoms with Crippen LogP contribution in [0.5, 0.6) is 0 Å². The fourth-order valence-electron chi connectivity index (χ4n) is 3.57.